The third-order valence-electron chi connectivity index (χ3n) is 3.09. The van der Waals surface area contributed by atoms with Crippen molar-refractivity contribution in [3.05, 3.63) is 29.8 Å². The lowest BCUT2D eigenvalue weighted by molar-refractivity contribution is -0.119. The van der Waals surface area contributed by atoms with Crippen LogP contribution in [0.15, 0.2) is 24.3 Å². The summed E-state index contributed by atoms with van der Waals surface area (Å²) in [5.41, 5.74) is 0.950. The summed E-state index contributed by atoms with van der Waals surface area (Å²) in [5.74, 6) is 0.241. The number of amides is 1. The molecule has 0 aliphatic rings. The fourth-order valence-corrected chi connectivity index (χ4v) is 3.07. The molecule has 0 saturated heterocycles. The van der Waals surface area contributed by atoms with Gasteiger partial charge < -0.3 is 4.74 Å². The van der Waals surface area contributed by atoms with Crippen LogP contribution in [0.3, 0.4) is 0 Å². The number of rotatable bonds is 8. The van der Waals surface area contributed by atoms with Gasteiger partial charge in [0.25, 0.3) is 0 Å². The van der Waals surface area contributed by atoms with Crippen molar-refractivity contribution in [2.45, 2.75) is 26.7 Å². The Balaban J connectivity index is 2.53. The van der Waals surface area contributed by atoms with Gasteiger partial charge >= 0.3 is 10.2 Å². The molecule has 0 fully saturated rings. The Bertz CT molecular complexity index is 551. The second-order valence-corrected chi connectivity index (χ2v) is 6.13. The summed E-state index contributed by atoms with van der Waals surface area (Å²) < 4.78 is 32.1. The van der Waals surface area contributed by atoms with Gasteiger partial charge in [-0.2, -0.15) is 12.7 Å². The molecule has 1 amide bonds. The van der Waals surface area contributed by atoms with Crippen LogP contribution >= 0.6 is 0 Å². The van der Waals surface area contributed by atoms with Crippen molar-refractivity contribution in [3.8, 4) is 5.75 Å². The summed E-state index contributed by atoms with van der Waals surface area (Å²) >= 11 is 0. The standard InChI is InChI=1S/C14H22N2O4S/c1-4-16(5-2)21(18,19)15-14(17)11-8-12-6-9-13(20-3)10-7-12/h6-7,9-10H,4-5,8,11H2,1-3H3,(H,15,17). The zero-order valence-electron chi connectivity index (χ0n) is 12.6. The van der Waals surface area contributed by atoms with E-state index in [1.165, 1.54) is 4.31 Å². The van der Waals surface area contributed by atoms with Crippen LogP contribution in [0.4, 0.5) is 0 Å². The van der Waals surface area contributed by atoms with Crippen molar-refractivity contribution >= 4 is 16.1 Å². The first-order chi connectivity index (χ1) is 9.92. The minimum absolute atomic E-state index is 0.118. The predicted molar refractivity (Wildman–Crippen MR) is 81.3 cm³/mol. The number of hydrogen-bond acceptors (Lipinski definition) is 4. The van der Waals surface area contributed by atoms with Gasteiger partial charge in [-0.15, -0.1) is 0 Å². The van der Waals surface area contributed by atoms with Crippen molar-refractivity contribution in [1.29, 1.82) is 0 Å². The minimum atomic E-state index is -3.72. The molecule has 0 spiro atoms. The van der Waals surface area contributed by atoms with Gasteiger partial charge in [-0.1, -0.05) is 26.0 Å². The van der Waals surface area contributed by atoms with E-state index < -0.39 is 16.1 Å². The lowest BCUT2D eigenvalue weighted by atomic mass is 10.1. The molecule has 0 bridgehead atoms. The Labute approximate surface area is 126 Å². The monoisotopic (exact) mass is 314 g/mol. The number of hydrogen-bond donors (Lipinski definition) is 1. The molecule has 1 aromatic carbocycles. The summed E-state index contributed by atoms with van der Waals surface area (Å²) in [5, 5.41) is 0. The van der Waals surface area contributed by atoms with Gasteiger partial charge in [0.1, 0.15) is 5.75 Å². The largest absolute Gasteiger partial charge is 0.497 e. The zero-order chi connectivity index (χ0) is 15.9. The van der Waals surface area contributed by atoms with Crippen molar-refractivity contribution in [3.63, 3.8) is 0 Å². The van der Waals surface area contributed by atoms with Crippen molar-refractivity contribution < 1.29 is 17.9 Å². The lowest BCUT2D eigenvalue weighted by Gasteiger charge is -2.18. The van der Waals surface area contributed by atoms with E-state index >= 15 is 0 Å². The molecule has 0 unspecified atom stereocenters. The molecule has 0 heterocycles. The number of nitrogens with one attached hydrogen (secondary N) is 1. The maximum Gasteiger partial charge on any atom is 0.303 e. The molecule has 0 aliphatic carbocycles. The number of carbonyl (C=O) groups is 1. The first kappa shape index (κ1) is 17.5. The van der Waals surface area contributed by atoms with E-state index in [1.807, 2.05) is 12.1 Å². The molecular weight excluding hydrogens is 292 g/mol. The van der Waals surface area contributed by atoms with Crippen molar-refractivity contribution in [2.75, 3.05) is 20.2 Å². The van der Waals surface area contributed by atoms with Gasteiger partial charge in [0.15, 0.2) is 0 Å². The van der Waals surface area contributed by atoms with Crippen LogP contribution in [0.1, 0.15) is 25.8 Å². The predicted octanol–water partition coefficient (Wildman–Crippen LogP) is 1.33. The van der Waals surface area contributed by atoms with E-state index in [1.54, 1.807) is 33.1 Å². The first-order valence-electron chi connectivity index (χ1n) is 6.86. The number of aryl methyl sites for hydroxylation is 1. The molecule has 7 heteroatoms. The molecular formula is C14H22N2O4S. The van der Waals surface area contributed by atoms with E-state index in [2.05, 4.69) is 4.72 Å². The molecule has 0 atom stereocenters. The SMILES string of the molecule is CCN(CC)S(=O)(=O)NC(=O)CCc1ccc(OC)cc1. The van der Waals surface area contributed by atoms with Crippen LogP contribution in [0.2, 0.25) is 0 Å². The van der Waals surface area contributed by atoms with Gasteiger partial charge in [-0.05, 0) is 24.1 Å². The Kier molecular flexibility index (Phi) is 6.64. The summed E-state index contributed by atoms with van der Waals surface area (Å²) in [7, 11) is -2.14. The highest BCUT2D eigenvalue weighted by atomic mass is 32.2. The van der Waals surface area contributed by atoms with Crippen molar-refractivity contribution in [1.82, 2.24) is 9.03 Å². The maximum atomic E-state index is 11.9. The second-order valence-electron chi connectivity index (χ2n) is 4.46. The fourth-order valence-electron chi connectivity index (χ4n) is 1.87. The van der Waals surface area contributed by atoms with E-state index in [9.17, 15) is 13.2 Å². The minimum Gasteiger partial charge on any atom is -0.497 e. The Morgan fingerprint density at radius 3 is 2.24 bits per heavy atom. The molecule has 1 N–H and O–H groups in total. The normalized spacial score (nSPS) is 11.4. The lowest BCUT2D eigenvalue weighted by Crippen LogP contribution is -2.43. The number of carbonyl (C=O) groups excluding carboxylic acids is 1. The van der Waals surface area contributed by atoms with Gasteiger partial charge in [-0.3, -0.25) is 4.79 Å². The van der Waals surface area contributed by atoms with E-state index in [0.717, 1.165) is 11.3 Å². The Morgan fingerprint density at radius 2 is 1.76 bits per heavy atom. The molecule has 0 aliphatic heterocycles. The van der Waals surface area contributed by atoms with E-state index in [0.29, 0.717) is 19.5 Å². The molecule has 1 rings (SSSR count). The van der Waals surface area contributed by atoms with Crippen LogP contribution in [0.5, 0.6) is 5.75 Å². The highest BCUT2D eigenvalue weighted by Crippen LogP contribution is 2.12. The van der Waals surface area contributed by atoms with Crippen LogP contribution in [0, 0.1) is 0 Å². The van der Waals surface area contributed by atoms with Crippen LogP contribution in [-0.4, -0.2) is 38.8 Å². The van der Waals surface area contributed by atoms with Gasteiger partial charge in [0.05, 0.1) is 7.11 Å². The van der Waals surface area contributed by atoms with E-state index in [4.69, 9.17) is 4.74 Å². The van der Waals surface area contributed by atoms with Crippen LogP contribution in [-0.2, 0) is 21.4 Å². The third kappa shape index (κ3) is 5.35. The molecule has 21 heavy (non-hydrogen) atoms. The van der Waals surface area contributed by atoms with Gasteiger partial charge in [-0.25, -0.2) is 4.72 Å². The fraction of sp³-hybridized carbons (Fsp3) is 0.500. The number of nitrogens with zero attached hydrogens (tertiary/aromatic N) is 1. The van der Waals surface area contributed by atoms with Crippen molar-refractivity contribution in [2.24, 2.45) is 0 Å². The Hall–Kier alpha value is -1.60. The number of methoxy groups -OCH3 is 1. The van der Waals surface area contributed by atoms with Crippen LogP contribution in [0.25, 0.3) is 0 Å². The van der Waals surface area contributed by atoms with Gasteiger partial charge in [0, 0.05) is 19.5 Å². The number of benzene rings is 1. The third-order valence-corrected chi connectivity index (χ3v) is 4.77. The summed E-state index contributed by atoms with van der Waals surface area (Å²) in [6, 6.07) is 7.32. The summed E-state index contributed by atoms with van der Waals surface area (Å²) in [6.07, 6.45) is 0.594. The molecule has 0 radical (unpaired) electrons. The van der Waals surface area contributed by atoms with Gasteiger partial charge in [0.2, 0.25) is 5.91 Å². The molecule has 0 aromatic heterocycles. The Morgan fingerprint density at radius 1 is 1.19 bits per heavy atom. The zero-order valence-corrected chi connectivity index (χ0v) is 13.4. The van der Waals surface area contributed by atoms with Crippen LogP contribution < -0.4 is 9.46 Å². The average Bonchev–Trinajstić information content (AvgIpc) is 2.46. The highest BCUT2D eigenvalue weighted by Gasteiger charge is 2.20. The summed E-state index contributed by atoms with van der Waals surface area (Å²) in [6.45, 7) is 4.12. The summed E-state index contributed by atoms with van der Waals surface area (Å²) in [4.78, 5) is 11.7. The van der Waals surface area contributed by atoms with E-state index in [-0.39, 0.29) is 6.42 Å². The quantitative estimate of drug-likeness (QED) is 0.785. The molecule has 118 valence electrons. The smallest absolute Gasteiger partial charge is 0.303 e. The second kappa shape index (κ2) is 7.99. The number of ether oxygens (including phenoxy) is 1. The maximum absolute atomic E-state index is 11.9. The molecule has 0 saturated carbocycles. The topological polar surface area (TPSA) is 75.7 Å². The molecule has 1 aromatic rings. The highest BCUT2D eigenvalue weighted by molar-refractivity contribution is 7.87. The average molecular weight is 314 g/mol. The first-order valence-corrected chi connectivity index (χ1v) is 8.30. The molecule has 6 nitrogen and oxygen atoms in total.